The molecule has 3 aromatic heterocycles. The number of fused-ring (bicyclic) bond motifs is 1. The van der Waals surface area contributed by atoms with Crippen molar-refractivity contribution in [1.29, 1.82) is 0 Å². The summed E-state index contributed by atoms with van der Waals surface area (Å²) in [5.41, 5.74) is 2.98. The van der Waals surface area contributed by atoms with Crippen molar-refractivity contribution in [2.45, 2.75) is 19.4 Å². The Morgan fingerprint density at radius 2 is 1.97 bits per heavy atom. The van der Waals surface area contributed by atoms with Crippen molar-refractivity contribution in [3.63, 3.8) is 0 Å². The van der Waals surface area contributed by atoms with Crippen LogP contribution in [-0.2, 0) is 6.61 Å². The van der Waals surface area contributed by atoms with E-state index in [2.05, 4.69) is 20.2 Å². The zero-order valence-electron chi connectivity index (χ0n) is 17.1. The predicted molar refractivity (Wildman–Crippen MR) is 120 cm³/mol. The number of nitrogens with zero attached hydrogens (tertiary/aromatic N) is 4. The standard InChI is InChI=1S/C24H23N5O2/c30-24(21-9-6-11-25-23(21)28-12-3-4-13-28)27-18-7-5-8-20(15-18)31-17-19-16-29-14-2-1-10-22(29)26-19/h1-2,5-11,14-16H,3-4,12-13,17H2,(H,27,30). The Kier molecular flexibility index (Phi) is 5.22. The summed E-state index contributed by atoms with van der Waals surface area (Å²) in [6, 6.07) is 16.9. The van der Waals surface area contributed by atoms with Gasteiger partial charge in [-0.3, -0.25) is 4.79 Å². The molecule has 5 rings (SSSR count). The molecule has 0 atom stereocenters. The van der Waals surface area contributed by atoms with Crippen LogP contribution < -0.4 is 15.0 Å². The molecule has 31 heavy (non-hydrogen) atoms. The van der Waals surface area contributed by atoms with Gasteiger partial charge in [-0.15, -0.1) is 0 Å². The van der Waals surface area contributed by atoms with Crippen LogP contribution in [-0.4, -0.2) is 33.4 Å². The van der Waals surface area contributed by atoms with E-state index >= 15 is 0 Å². The fraction of sp³-hybridized carbons (Fsp3) is 0.208. The van der Waals surface area contributed by atoms with Crippen LogP contribution in [0.3, 0.4) is 0 Å². The molecule has 0 bridgehead atoms. The van der Waals surface area contributed by atoms with Gasteiger partial charge in [0.2, 0.25) is 0 Å². The van der Waals surface area contributed by atoms with E-state index in [1.165, 1.54) is 0 Å². The number of rotatable bonds is 6. The number of imidazole rings is 1. The second-order valence-corrected chi connectivity index (χ2v) is 7.54. The number of pyridine rings is 2. The first-order valence-corrected chi connectivity index (χ1v) is 10.4. The van der Waals surface area contributed by atoms with Crippen LogP contribution in [0.25, 0.3) is 5.65 Å². The van der Waals surface area contributed by atoms with Crippen LogP contribution >= 0.6 is 0 Å². The molecule has 1 aromatic carbocycles. The molecule has 4 aromatic rings. The van der Waals surface area contributed by atoms with E-state index in [1.54, 1.807) is 12.3 Å². The van der Waals surface area contributed by atoms with E-state index in [1.807, 2.05) is 65.3 Å². The fourth-order valence-electron chi connectivity index (χ4n) is 3.83. The lowest BCUT2D eigenvalue weighted by Gasteiger charge is -2.19. The lowest BCUT2D eigenvalue weighted by atomic mass is 10.2. The molecule has 1 amide bonds. The molecule has 1 fully saturated rings. The van der Waals surface area contributed by atoms with E-state index < -0.39 is 0 Å². The van der Waals surface area contributed by atoms with E-state index in [0.29, 0.717) is 23.6 Å². The second kappa shape index (κ2) is 8.47. The van der Waals surface area contributed by atoms with Gasteiger partial charge in [-0.1, -0.05) is 12.1 Å². The highest BCUT2D eigenvalue weighted by Crippen LogP contribution is 2.24. The van der Waals surface area contributed by atoms with Crippen LogP contribution in [0.2, 0.25) is 0 Å². The largest absolute Gasteiger partial charge is 0.487 e. The van der Waals surface area contributed by atoms with Crippen molar-refractivity contribution >= 4 is 23.1 Å². The topological polar surface area (TPSA) is 71.8 Å². The van der Waals surface area contributed by atoms with Gasteiger partial charge in [0, 0.05) is 43.4 Å². The van der Waals surface area contributed by atoms with Gasteiger partial charge in [-0.2, -0.15) is 0 Å². The summed E-state index contributed by atoms with van der Waals surface area (Å²) in [6.07, 6.45) is 7.89. The quantitative estimate of drug-likeness (QED) is 0.514. The zero-order chi connectivity index (χ0) is 21.0. The van der Waals surface area contributed by atoms with Crippen molar-refractivity contribution in [3.05, 3.63) is 84.4 Å². The molecule has 4 heterocycles. The van der Waals surface area contributed by atoms with Crippen LogP contribution in [0.15, 0.2) is 73.2 Å². The smallest absolute Gasteiger partial charge is 0.259 e. The summed E-state index contributed by atoms with van der Waals surface area (Å²) in [7, 11) is 0. The van der Waals surface area contributed by atoms with Gasteiger partial charge >= 0.3 is 0 Å². The Labute approximate surface area is 180 Å². The van der Waals surface area contributed by atoms with Gasteiger partial charge in [-0.05, 0) is 49.2 Å². The number of hydrogen-bond acceptors (Lipinski definition) is 5. The summed E-state index contributed by atoms with van der Waals surface area (Å²) in [5, 5.41) is 2.98. The number of carbonyl (C=O) groups is 1. The molecule has 7 nitrogen and oxygen atoms in total. The summed E-state index contributed by atoms with van der Waals surface area (Å²) in [5.74, 6) is 1.24. The van der Waals surface area contributed by atoms with E-state index in [-0.39, 0.29) is 5.91 Å². The van der Waals surface area contributed by atoms with Gasteiger partial charge in [0.15, 0.2) is 0 Å². The Hall–Kier alpha value is -3.87. The van der Waals surface area contributed by atoms with Gasteiger partial charge in [-0.25, -0.2) is 9.97 Å². The fourth-order valence-corrected chi connectivity index (χ4v) is 3.83. The van der Waals surface area contributed by atoms with Crippen LogP contribution in [0, 0.1) is 0 Å². The van der Waals surface area contributed by atoms with Crippen LogP contribution in [0.1, 0.15) is 28.9 Å². The van der Waals surface area contributed by atoms with E-state index in [4.69, 9.17) is 4.74 Å². The molecule has 1 aliphatic heterocycles. The molecule has 156 valence electrons. The normalized spacial score (nSPS) is 13.5. The van der Waals surface area contributed by atoms with E-state index in [0.717, 1.165) is 43.1 Å². The maximum atomic E-state index is 13.0. The number of nitrogens with one attached hydrogen (secondary N) is 1. The SMILES string of the molecule is O=C(Nc1cccc(OCc2cn3ccccc3n2)c1)c1cccnc1N1CCCC1. The maximum absolute atomic E-state index is 13.0. The maximum Gasteiger partial charge on any atom is 0.259 e. The number of amides is 1. The zero-order valence-corrected chi connectivity index (χ0v) is 17.1. The highest BCUT2D eigenvalue weighted by atomic mass is 16.5. The van der Waals surface area contributed by atoms with Crippen LogP contribution in [0.4, 0.5) is 11.5 Å². The highest BCUT2D eigenvalue weighted by molar-refractivity contribution is 6.07. The van der Waals surface area contributed by atoms with Crippen molar-refractivity contribution < 1.29 is 9.53 Å². The predicted octanol–water partition coefficient (Wildman–Crippen LogP) is 4.16. The number of carbonyl (C=O) groups excluding carboxylic acids is 1. The van der Waals surface area contributed by atoms with Gasteiger partial charge in [0.05, 0.1) is 11.3 Å². The lowest BCUT2D eigenvalue weighted by molar-refractivity contribution is 0.102. The molecule has 1 saturated heterocycles. The average molecular weight is 413 g/mol. The van der Waals surface area contributed by atoms with Crippen molar-refractivity contribution in [2.24, 2.45) is 0 Å². The van der Waals surface area contributed by atoms with Gasteiger partial charge < -0.3 is 19.4 Å². The monoisotopic (exact) mass is 413 g/mol. The molecule has 7 heteroatoms. The van der Waals surface area contributed by atoms with Gasteiger partial charge in [0.1, 0.15) is 23.8 Å². The Bertz CT molecular complexity index is 1180. The summed E-state index contributed by atoms with van der Waals surface area (Å²) < 4.78 is 7.87. The highest BCUT2D eigenvalue weighted by Gasteiger charge is 2.20. The van der Waals surface area contributed by atoms with Crippen molar-refractivity contribution in [1.82, 2.24) is 14.4 Å². The first kappa shape index (κ1) is 19.1. The molecular formula is C24H23N5O2. The van der Waals surface area contributed by atoms with Crippen molar-refractivity contribution in [3.8, 4) is 5.75 Å². The number of hydrogen-bond donors (Lipinski definition) is 1. The average Bonchev–Trinajstić information content (AvgIpc) is 3.48. The minimum absolute atomic E-state index is 0.174. The molecular weight excluding hydrogens is 390 g/mol. The van der Waals surface area contributed by atoms with Gasteiger partial charge in [0.25, 0.3) is 5.91 Å². The minimum Gasteiger partial charge on any atom is -0.487 e. The molecule has 0 saturated carbocycles. The molecule has 0 aliphatic carbocycles. The third-order valence-electron chi connectivity index (χ3n) is 5.33. The lowest BCUT2D eigenvalue weighted by Crippen LogP contribution is -2.24. The first-order chi connectivity index (χ1) is 15.3. The summed E-state index contributed by atoms with van der Waals surface area (Å²) in [4.78, 5) is 24.1. The Morgan fingerprint density at radius 3 is 2.84 bits per heavy atom. The second-order valence-electron chi connectivity index (χ2n) is 7.54. The Morgan fingerprint density at radius 1 is 1.06 bits per heavy atom. The first-order valence-electron chi connectivity index (χ1n) is 10.4. The van der Waals surface area contributed by atoms with Crippen molar-refractivity contribution in [2.75, 3.05) is 23.3 Å². The number of anilines is 2. The number of benzene rings is 1. The molecule has 0 spiro atoms. The summed E-state index contributed by atoms with van der Waals surface area (Å²) >= 11 is 0. The number of ether oxygens (including phenoxy) is 1. The molecule has 0 unspecified atom stereocenters. The molecule has 1 aliphatic rings. The Balaban J connectivity index is 1.27. The third kappa shape index (κ3) is 4.21. The molecule has 0 radical (unpaired) electrons. The summed E-state index contributed by atoms with van der Waals surface area (Å²) in [6.45, 7) is 2.22. The van der Waals surface area contributed by atoms with Crippen LogP contribution in [0.5, 0.6) is 5.75 Å². The third-order valence-corrected chi connectivity index (χ3v) is 5.33. The number of aromatic nitrogens is 3. The molecule has 1 N–H and O–H groups in total. The van der Waals surface area contributed by atoms with E-state index in [9.17, 15) is 4.79 Å². The minimum atomic E-state index is -0.174.